The van der Waals surface area contributed by atoms with Gasteiger partial charge in [-0.2, -0.15) is 13.2 Å². The number of hydrogen-bond donors (Lipinski definition) is 1. The van der Waals surface area contributed by atoms with Crippen molar-refractivity contribution in [3.05, 3.63) is 59.9 Å². The lowest BCUT2D eigenvalue weighted by molar-refractivity contribution is -0.137. The Kier molecular flexibility index (Phi) is 5.01. The van der Waals surface area contributed by atoms with Gasteiger partial charge in [-0.05, 0) is 72.4 Å². The third-order valence-electron chi connectivity index (χ3n) is 5.95. The molecule has 1 aromatic heterocycles. The van der Waals surface area contributed by atoms with Crippen LogP contribution in [0.3, 0.4) is 0 Å². The average Bonchev–Trinajstić information content (AvgIpc) is 3.08. The number of imidazole rings is 1. The van der Waals surface area contributed by atoms with Gasteiger partial charge in [0.25, 0.3) is 0 Å². The fourth-order valence-corrected chi connectivity index (χ4v) is 4.10. The molecule has 1 aliphatic carbocycles. The Hall–Kier alpha value is -2.56. The lowest BCUT2D eigenvalue weighted by atomic mass is 9.73. The van der Waals surface area contributed by atoms with E-state index in [1.165, 1.54) is 37.8 Å². The molecule has 0 atom stereocenters. The first-order valence-electron chi connectivity index (χ1n) is 10.1. The van der Waals surface area contributed by atoms with Crippen LogP contribution >= 0.6 is 0 Å². The van der Waals surface area contributed by atoms with Gasteiger partial charge in [0.2, 0.25) is 0 Å². The second kappa shape index (κ2) is 7.36. The van der Waals surface area contributed by atoms with Crippen LogP contribution in [0.1, 0.15) is 50.9 Å². The molecule has 3 aromatic rings. The predicted octanol–water partition coefficient (Wildman–Crippen LogP) is 7.48. The van der Waals surface area contributed by atoms with Crippen LogP contribution < -0.4 is 0 Å². The number of rotatable bonds is 3. The molecule has 0 amide bonds. The topological polar surface area (TPSA) is 28.7 Å². The van der Waals surface area contributed by atoms with Crippen LogP contribution in [0.15, 0.2) is 48.5 Å². The molecule has 152 valence electrons. The maximum Gasteiger partial charge on any atom is 0.417 e. The first-order valence-corrected chi connectivity index (χ1v) is 10.1. The Morgan fingerprint density at radius 2 is 1.79 bits per heavy atom. The molecule has 1 aliphatic rings. The Labute approximate surface area is 168 Å². The minimum atomic E-state index is -4.39. The SMILES string of the molecule is CC1(C)CCC(/C=C/c2nc3ccc(-c4ccccc4C(F)(F)F)cc3[nH]2)CC1. The van der Waals surface area contributed by atoms with E-state index in [1.54, 1.807) is 24.3 Å². The lowest BCUT2D eigenvalue weighted by Gasteiger charge is -2.32. The van der Waals surface area contributed by atoms with Crippen LogP contribution in [-0.2, 0) is 6.18 Å². The van der Waals surface area contributed by atoms with Gasteiger partial charge in [-0.25, -0.2) is 4.98 Å². The molecule has 1 N–H and O–H groups in total. The van der Waals surface area contributed by atoms with E-state index in [0.29, 0.717) is 16.9 Å². The summed E-state index contributed by atoms with van der Waals surface area (Å²) in [5.74, 6) is 1.30. The maximum atomic E-state index is 13.3. The lowest BCUT2D eigenvalue weighted by Crippen LogP contribution is -2.20. The smallest absolute Gasteiger partial charge is 0.338 e. The van der Waals surface area contributed by atoms with Gasteiger partial charge in [-0.1, -0.05) is 44.2 Å². The van der Waals surface area contributed by atoms with Crippen molar-refractivity contribution in [2.45, 2.75) is 45.7 Å². The zero-order valence-electron chi connectivity index (χ0n) is 16.7. The van der Waals surface area contributed by atoms with Gasteiger partial charge in [0.15, 0.2) is 0 Å². The number of halogens is 3. The molecule has 2 aromatic carbocycles. The van der Waals surface area contributed by atoms with E-state index in [0.717, 1.165) is 22.9 Å². The van der Waals surface area contributed by atoms with E-state index in [1.807, 2.05) is 6.08 Å². The van der Waals surface area contributed by atoms with Gasteiger partial charge in [-0.3, -0.25) is 0 Å². The van der Waals surface area contributed by atoms with E-state index in [-0.39, 0.29) is 5.56 Å². The second-order valence-corrected chi connectivity index (χ2v) is 8.76. The summed E-state index contributed by atoms with van der Waals surface area (Å²) in [6, 6.07) is 10.9. The highest BCUT2D eigenvalue weighted by atomic mass is 19.4. The molecule has 1 fully saturated rings. The molecule has 0 bridgehead atoms. The summed E-state index contributed by atoms with van der Waals surface area (Å²) in [5.41, 5.74) is 2.01. The maximum absolute atomic E-state index is 13.3. The monoisotopic (exact) mass is 398 g/mol. The van der Waals surface area contributed by atoms with Crippen LogP contribution in [-0.4, -0.2) is 9.97 Å². The third-order valence-corrected chi connectivity index (χ3v) is 5.95. The van der Waals surface area contributed by atoms with E-state index >= 15 is 0 Å². The van der Waals surface area contributed by atoms with Crippen LogP contribution in [0.2, 0.25) is 0 Å². The molecule has 0 spiro atoms. The largest absolute Gasteiger partial charge is 0.417 e. The van der Waals surface area contributed by atoms with Crippen LogP contribution in [0, 0.1) is 11.3 Å². The summed E-state index contributed by atoms with van der Waals surface area (Å²) in [6.45, 7) is 4.64. The van der Waals surface area contributed by atoms with Gasteiger partial charge < -0.3 is 4.98 Å². The normalized spacial score (nSPS) is 18.0. The van der Waals surface area contributed by atoms with E-state index in [9.17, 15) is 13.2 Å². The van der Waals surface area contributed by atoms with Gasteiger partial charge >= 0.3 is 6.18 Å². The minimum Gasteiger partial charge on any atom is -0.338 e. The second-order valence-electron chi connectivity index (χ2n) is 8.76. The highest BCUT2D eigenvalue weighted by Crippen LogP contribution is 2.39. The van der Waals surface area contributed by atoms with Crippen molar-refractivity contribution in [2.24, 2.45) is 11.3 Å². The van der Waals surface area contributed by atoms with Crippen molar-refractivity contribution < 1.29 is 13.2 Å². The fourth-order valence-electron chi connectivity index (χ4n) is 4.10. The molecular weight excluding hydrogens is 373 g/mol. The first kappa shape index (κ1) is 19.7. The molecule has 0 radical (unpaired) electrons. The Morgan fingerprint density at radius 3 is 2.52 bits per heavy atom. The summed E-state index contributed by atoms with van der Waals surface area (Å²) >= 11 is 0. The fraction of sp³-hybridized carbons (Fsp3) is 0.375. The van der Waals surface area contributed by atoms with Gasteiger partial charge in [0.05, 0.1) is 16.6 Å². The van der Waals surface area contributed by atoms with Gasteiger partial charge in [0, 0.05) is 0 Å². The van der Waals surface area contributed by atoms with Gasteiger partial charge in [-0.15, -0.1) is 0 Å². The van der Waals surface area contributed by atoms with E-state index in [2.05, 4.69) is 29.9 Å². The number of aromatic amines is 1. The van der Waals surface area contributed by atoms with Crippen molar-refractivity contribution in [2.75, 3.05) is 0 Å². The van der Waals surface area contributed by atoms with E-state index in [4.69, 9.17) is 0 Å². The summed E-state index contributed by atoms with van der Waals surface area (Å²) < 4.78 is 40.0. The zero-order chi connectivity index (χ0) is 20.6. The van der Waals surface area contributed by atoms with Crippen molar-refractivity contribution >= 4 is 17.1 Å². The summed E-state index contributed by atoms with van der Waals surface area (Å²) in [6.07, 6.45) is 4.65. The number of hydrogen-bond acceptors (Lipinski definition) is 1. The average molecular weight is 398 g/mol. The molecule has 2 nitrogen and oxygen atoms in total. The number of aromatic nitrogens is 2. The number of H-pyrrole nitrogens is 1. The summed E-state index contributed by atoms with van der Waals surface area (Å²) in [4.78, 5) is 7.81. The highest BCUT2D eigenvalue weighted by molar-refractivity contribution is 5.83. The molecule has 4 rings (SSSR count). The molecule has 1 heterocycles. The molecule has 1 saturated carbocycles. The van der Waals surface area contributed by atoms with Crippen molar-refractivity contribution in [1.82, 2.24) is 9.97 Å². The molecular formula is C24H25F3N2. The molecule has 0 unspecified atom stereocenters. The third kappa shape index (κ3) is 4.39. The van der Waals surface area contributed by atoms with Crippen LogP contribution in [0.25, 0.3) is 28.2 Å². The summed E-state index contributed by atoms with van der Waals surface area (Å²) in [7, 11) is 0. The van der Waals surface area contributed by atoms with Crippen molar-refractivity contribution in [3.63, 3.8) is 0 Å². The minimum absolute atomic E-state index is 0.179. The number of nitrogens with zero attached hydrogens (tertiary/aromatic N) is 1. The van der Waals surface area contributed by atoms with Gasteiger partial charge in [0.1, 0.15) is 5.82 Å². The van der Waals surface area contributed by atoms with Crippen molar-refractivity contribution in [3.8, 4) is 11.1 Å². The Morgan fingerprint density at radius 1 is 1.07 bits per heavy atom. The Bertz CT molecular complexity index is 1030. The zero-order valence-corrected chi connectivity index (χ0v) is 16.7. The number of nitrogens with one attached hydrogen (secondary N) is 1. The standard InChI is InChI=1S/C24H25F3N2/c1-23(2)13-11-16(12-14-23)7-10-22-28-20-9-8-17(15-21(20)29-22)18-5-3-4-6-19(18)24(25,26)27/h3-10,15-16H,11-14H2,1-2H3,(H,28,29)/b10-7+. The van der Waals surface area contributed by atoms with Crippen LogP contribution in [0.4, 0.5) is 13.2 Å². The highest BCUT2D eigenvalue weighted by Gasteiger charge is 2.33. The van der Waals surface area contributed by atoms with Crippen LogP contribution in [0.5, 0.6) is 0 Å². The predicted molar refractivity (Wildman–Crippen MR) is 111 cm³/mol. The number of alkyl halides is 3. The number of allylic oxidation sites excluding steroid dienone is 1. The molecule has 0 aliphatic heterocycles. The number of fused-ring (bicyclic) bond motifs is 1. The van der Waals surface area contributed by atoms with E-state index < -0.39 is 11.7 Å². The quantitative estimate of drug-likeness (QED) is 0.487. The number of benzene rings is 2. The molecule has 29 heavy (non-hydrogen) atoms. The first-order chi connectivity index (χ1) is 13.7. The molecule has 0 saturated heterocycles. The summed E-state index contributed by atoms with van der Waals surface area (Å²) in [5, 5.41) is 0. The molecule has 5 heteroatoms. The van der Waals surface area contributed by atoms with Crippen molar-refractivity contribution in [1.29, 1.82) is 0 Å². The Balaban J connectivity index is 1.59.